The standard InChI is InChI=1S/C7H14O6.C6H13O9P/c1-13-5(3-9)7(12)6(11)4(10)2-8;7-1-3(8)5(10)6(11)4(9)2-15-16(12,13)14/h3-8,10-12H,2H2,1H3;1,3-6,8-11H,2H2,(H2,12,13,14). The number of aldehydes is 2. The number of carbonyl (C=O) groups excluding carboxylic acids is 2. The van der Waals surface area contributed by atoms with Crippen molar-refractivity contribution in [2.45, 2.75) is 48.8 Å². The Morgan fingerprint density at radius 2 is 1.31 bits per heavy atom. The lowest BCUT2D eigenvalue weighted by atomic mass is 10.0. The summed E-state index contributed by atoms with van der Waals surface area (Å²) in [5.41, 5.74) is 0. The van der Waals surface area contributed by atoms with Crippen LogP contribution in [-0.2, 0) is 23.4 Å². The quantitative estimate of drug-likeness (QED) is 0.0916. The molecule has 16 heteroatoms. The lowest BCUT2D eigenvalue weighted by molar-refractivity contribution is -0.141. The van der Waals surface area contributed by atoms with Gasteiger partial charge >= 0.3 is 7.82 Å². The Kier molecular flexibility index (Phi) is 15.6. The maximum Gasteiger partial charge on any atom is 0.469 e. The minimum absolute atomic E-state index is 0.0650. The zero-order valence-electron chi connectivity index (χ0n) is 15.1. The van der Waals surface area contributed by atoms with Gasteiger partial charge in [-0.05, 0) is 0 Å². The highest BCUT2D eigenvalue weighted by atomic mass is 31.2. The summed E-state index contributed by atoms with van der Waals surface area (Å²) >= 11 is 0. The van der Waals surface area contributed by atoms with Crippen LogP contribution in [0.5, 0.6) is 0 Å². The molecule has 0 aromatic carbocycles. The monoisotopic (exact) mass is 454 g/mol. The number of ether oxygens (including phenoxy) is 1. The molecule has 8 unspecified atom stereocenters. The second-order valence-electron chi connectivity index (χ2n) is 5.53. The van der Waals surface area contributed by atoms with Gasteiger partial charge < -0.3 is 65.0 Å². The number of carbonyl (C=O) groups is 2. The van der Waals surface area contributed by atoms with Crippen LogP contribution in [0.1, 0.15) is 0 Å². The van der Waals surface area contributed by atoms with E-state index < -0.39 is 69.9 Å². The SMILES string of the molecule is COC(C=O)C(O)C(O)C(O)CO.O=CC(O)C(O)C(O)C(O)COP(=O)(O)O. The molecule has 0 amide bonds. The van der Waals surface area contributed by atoms with Gasteiger partial charge in [-0.2, -0.15) is 0 Å². The number of methoxy groups -OCH3 is 1. The normalized spacial score (nSPS) is 20.1. The molecule has 0 aliphatic carbocycles. The Morgan fingerprint density at radius 3 is 1.66 bits per heavy atom. The molecule has 0 aromatic rings. The van der Waals surface area contributed by atoms with E-state index >= 15 is 0 Å². The third kappa shape index (κ3) is 12.4. The summed E-state index contributed by atoms with van der Waals surface area (Å²) in [6.45, 7) is -1.67. The zero-order valence-corrected chi connectivity index (χ0v) is 16.0. The fraction of sp³-hybridized carbons (Fsp3) is 0.846. The molecule has 0 fully saturated rings. The predicted octanol–water partition coefficient (Wildman–Crippen LogP) is -5.99. The van der Waals surface area contributed by atoms with Gasteiger partial charge in [-0.25, -0.2) is 4.57 Å². The van der Waals surface area contributed by atoms with Crippen LogP contribution in [0.3, 0.4) is 0 Å². The van der Waals surface area contributed by atoms with Crippen molar-refractivity contribution in [2.75, 3.05) is 20.3 Å². The average molecular weight is 454 g/mol. The highest BCUT2D eigenvalue weighted by Gasteiger charge is 2.32. The zero-order chi connectivity index (χ0) is 23.4. The Hall–Kier alpha value is -0.910. The minimum Gasteiger partial charge on any atom is -0.394 e. The molecule has 10 N–H and O–H groups in total. The van der Waals surface area contributed by atoms with Crippen LogP contribution in [0.25, 0.3) is 0 Å². The number of rotatable bonds is 13. The number of aliphatic hydroxyl groups is 8. The molecule has 8 atom stereocenters. The second-order valence-corrected chi connectivity index (χ2v) is 6.77. The molecule has 0 saturated heterocycles. The number of phosphoric ester groups is 1. The third-order valence-electron chi connectivity index (χ3n) is 3.32. The predicted molar refractivity (Wildman–Crippen MR) is 90.1 cm³/mol. The number of hydrogen-bond donors (Lipinski definition) is 10. The van der Waals surface area contributed by atoms with Gasteiger partial charge in [0.25, 0.3) is 0 Å². The molecule has 15 nitrogen and oxygen atoms in total. The molecule has 0 rings (SSSR count). The first kappa shape index (κ1) is 30.3. The van der Waals surface area contributed by atoms with Crippen molar-refractivity contribution < 1.29 is 74.1 Å². The first-order valence-corrected chi connectivity index (χ1v) is 9.31. The second kappa shape index (κ2) is 15.0. The maximum absolute atomic E-state index is 10.3. The van der Waals surface area contributed by atoms with Crippen molar-refractivity contribution in [1.82, 2.24) is 0 Å². The number of aliphatic hydroxyl groups excluding tert-OH is 8. The van der Waals surface area contributed by atoms with Crippen LogP contribution in [0, 0.1) is 0 Å². The van der Waals surface area contributed by atoms with Gasteiger partial charge in [-0.3, -0.25) is 4.52 Å². The lowest BCUT2D eigenvalue weighted by Gasteiger charge is -2.24. The van der Waals surface area contributed by atoms with E-state index in [1.165, 1.54) is 7.11 Å². The fourth-order valence-electron chi connectivity index (χ4n) is 1.59. The molecule has 0 aromatic heterocycles. The highest BCUT2D eigenvalue weighted by molar-refractivity contribution is 7.46. The summed E-state index contributed by atoms with van der Waals surface area (Å²) in [5, 5.41) is 71.7. The van der Waals surface area contributed by atoms with Crippen LogP contribution in [0.15, 0.2) is 0 Å². The topological polar surface area (TPSA) is 272 Å². The molecule has 174 valence electrons. The van der Waals surface area contributed by atoms with E-state index in [4.69, 9.17) is 45.5 Å². The van der Waals surface area contributed by atoms with Crippen molar-refractivity contribution in [3.8, 4) is 0 Å². The molecule has 0 bridgehead atoms. The molecule has 0 spiro atoms. The molecule has 0 aliphatic rings. The van der Waals surface area contributed by atoms with Gasteiger partial charge in [0.05, 0.1) is 13.2 Å². The van der Waals surface area contributed by atoms with E-state index in [2.05, 4.69) is 9.26 Å². The van der Waals surface area contributed by atoms with Gasteiger partial charge in [-0.1, -0.05) is 0 Å². The maximum atomic E-state index is 10.3. The first-order chi connectivity index (χ1) is 13.3. The van der Waals surface area contributed by atoms with Crippen molar-refractivity contribution in [2.24, 2.45) is 0 Å². The van der Waals surface area contributed by atoms with Gasteiger partial charge in [0, 0.05) is 7.11 Å². The highest BCUT2D eigenvalue weighted by Crippen LogP contribution is 2.35. The summed E-state index contributed by atoms with van der Waals surface area (Å²) in [4.78, 5) is 36.8. The largest absolute Gasteiger partial charge is 0.469 e. The number of hydrogen-bond acceptors (Lipinski definition) is 13. The molecule has 0 heterocycles. The van der Waals surface area contributed by atoms with Gasteiger partial charge in [-0.15, -0.1) is 0 Å². The molecule has 0 aliphatic heterocycles. The van der Waals surface area contributed by atoms with Crippen LogP contribution in [-0.4, -0.2) is 132 Å². The van der Waals surface area contributed by atoms with Gasteiger partial charge in [0.15, 0.2) is 12.6 Å². The summed E-state index contributed by atoms with van der Waals surface area (Å²) in [6.07, 6.45) is -13.4. The Balaban J connectivity index is 0. The van der Waals surface area contributed by atoms with E-state index in [0.29, 0.717) is 6.29 Å². The van der Waals surface area contributed by atoms with Crippen molar-refractivity contribution in [3.63, 3.8) is 0 Å². The van der Waals surface area contributed by atoms with Crippen molar-refractivity contribution >= 4 is 20.4 Å². The summed E-state index contributed by atoms with van der Waals surface area (Å²) < 4.78 is 18.6. The molecular weight excluding hydrogens is 427 g/mol. The van der Waals surface area contributed by atoms with E-state index in [1.807, 2.05) is 0 Å². The van der Waals surface area contributed by atoms with E-state index in [-0.39, 0.29) is 6.29 Å². The Bertz CT molecular complexity index is 499. The van der Waals surface area contributed by atoms with E-state index in [0.717, 1.165) is 0 Å². The smallest absolute Gasteiger partial charge is 0.394 e. The Morgan fingerprint density at radius 1 is 0.828 bits per heavy atom. The number of phosphoric acid groups is 1. The third-order valence-corrected chi connectivity index (χ3v) is 3.81. The van der Waals surface area contributed by atoms with Crippen LogP contribution in [0.2, 0.25) is 0 Å². The molecule has 0 radical (unpaired) electrons. The summed E-state index contributed by atoms with van der Waals surface area (Å²) in [7, 11) is -3.62. The minimum atomic E-state index is -4.80. The summed E-state index contributed by atoms with van der Waals surface area (Å²) in [5.74, 6) is 0. The molecular formula is C13H27O15P. The van der Waals surface area contributed by atoms with Crippen LogP contribution >= 0.6 is 7.82 Å². The van der Waals surface area contributed by atoms with Crippen molar-refractivity contribution in [1.29, 1.82) is 0 Å². The summed E-state index contributed by atoms with van der Waals surface area (Å²) in [6, 6.07) is 0. The van der Waals surface area contributed by atoms with Crippen LogP contribution in [0.4, 0.5) is 0 Å². The molecule has 29 heavy (non-hydrogen) atoms. The van der Waals surface area contributed by atoms with E-state index in [9.17, 15) is 19.3 Å². The fourth-order valence-corrected chi connectivity index (χ4v) is 1.93. The average Bonchev–Trinajstić information content (AvgIpc) is 2.69. The van der Waals surface area contributed by atoms with Gasteiger partial charge in [0.2, 0.25) is 0 Å². The molecule has 0 saturated carbocycles. The first-order valence-electron chi connectivity index (χ1n) is 7.78. The van der Waals surface area contributed by atoms with Crippen molar-refractivity contribution in [3.05, 3.63) is 0 Å². The Labute approximate surface area is 164 Å². The lowest BCUT2D eigenvalue weighted by Crippen LogP contribution is -2.47. The van der Waals surface area contributed by atoms with E-state index in [1.54, 1.807) is 0 Å². The van der Waals surface area contributed by atoms with Gasteiger partial charge in [0.1, 0.15) is 48.8 Å². The van der Waals surface area contributed by atoms with Crippen LogP contribution < -0.4 is 0 Å².